The molecule has 2 aromatic rings. The predicted octanol–water partition coefficient (Wildman–Crippen LogP) is 4.24. The molecule has 0 radical (unpaired) electrons. The average molecular weight is 411 g/mol. The first-order chi connectivity index (χ1) is 14.2. The Morgan fingerprint density at radius 2 is 2.00 bits per heavy atom. The molecule has 1 aromatic carbocycles. The van der Waals surface area contributed by atoms with Crippen molar-refractivity contribution in [2.24, 2.45) is 17.8 Å². The summed E-state index contributed by atoms with van der Waals surface area (Å²) in [6, 6.07) is 10.7. The lowest BCUT2D eigenvalue weighted by molar-refractivity contribution is -0.119. The van der Waals surface area contributed by atoms with Gasteiger partial charge in [0, 0.05) is 12.0 Å². The molecule has 1 aromatic heterocycles. The maximum absolute atomic E-state index is 12.6. The van der Waals surface area contributed by atoms with Gasteiger partial charge in [0.05, 0.1) is 12.3 Å². The Hall–Kier alpha value is -1.82. The summed E-state index contributed by atoms with van der Waals surface area (Å²) >= 11 is 1.52. The van der Waals surface area contributed by atoms with E-state index in [-0.39, 0.29) is 11.9 Å². The van der Waals surface area contributed by atoms with Crippen molar-refractivity contribution in [2.75, 3.05) is 5.75 Å². The van der Waals surface area contributed by atoms with Crippen molar-refractivity contribution in [1.82, 2.24) is 20.1 Å². The third kappa shape index (κ3) is 4.23. The number of carbonyl (C=O) groups excluding carboxylic acids is 1. The molecule has 4 unspecified atom stereocenters. The van der Waals surface area contributed by atoms with Crippen LogP contribution >= 0.6 is 11.8 Å². The lowest BCUT2D eigenvalue weighted by atomic mass is 9.84. The number of hydrogen-bond acceptors (Lipinski definition) is 4. The van der Waals surface area contributed by atoms with E-state index in [1.54, 1.807) is 0 Å². The summed E-state index contributed by atoms with van der Waals surface area (Å²) in [5.74, 6) is 4.55. The molecule has 0 aliphatic heterocycles. The maximum Gasteiger partial charge on any atom is 0.230 e. The zero-order valence-corrected chi connectivity index (χ0v) is 17.9. The maximum atomic E-state index is 12.6. The summed E-state index contributed by atoms with van der Waals surface area (Å²) in [6.45, 7) is 2.96. The molecular weight excluding hydrogens is 380 g/mol. The standard InChI is InChI=1S/C23H30N4OS/c1-15(20-12-17-7-8-19(20)11-17)24-21(28)14-29-23-26-25-22(18-9-10-18)27(23)13-16-5-3-2-4-6-16/h2-6,15,17-20H,7-14H2,1H3,(H,24,28). The van der Waals surface area contributed by atoms with Gasteiger partial charge in [0.15, 0.2) is 5.16 Å². The van der Waals surface area contributed by atoms with Gasteiger partial charge in [-0.1, -0.05) is 48.5 Å². The zero-order chi connectivity index (χ0) is 19.8. The number of thioether (sulfide) groups is 1. The van der Waals surface area contributed by atoms with Gasteiger partial charge in [0.25, 0.3) is 0 Å². The van der Waals surface area contributed by atoms with E-state index in [4.69, 9.17) is 0 Å². The van der Waals surface area contributed by atoms with E-state index in [0.29, 0.717) is 17.6 Å². The Bertz CT molecular complexity index is 863. The number of amides is 1. The van der Waals surface area contributed by atoms with Gasteiger partial charge in [-0.25, -0.2) is 0 Å². The molecule has 4 atom stereocenters. The third-order valence-electron chi connectivity index (χ3n) is 7.03. The van der Waals surface area contributed by atoms with Gasteiger partial charge >= 0.3 is 0 Å². The Morgan fingerprint density at radius 3 is 2.69 bits per heavy atom. The topological polar surface area (TPSA) is 59.8 Å². The van der Waals surface area contributed by atoms with Crippen LogP contribution in [0.2, 0.25) is 0 Å². The molecule has 2 bridgehead atoms. The first-order valence-electron chi connectivity index (χ1n) is 11.1. The molecule has 29 heavy (non-hydrogen) atoms. The van der Waals surface area contributed by atoms with Gasteiger partial charge in [-0.05, 0) is 62.3 Å². The Kier molecular flexibility index (Phi) is 5.37. The highest BCUT2D eigenvalue weighted by molar-refractivity contribution is 7.99. The van der Waals surface area contributed by atoms with E-state index in [1.165, 1.54) is 55.9 Å². The molecule has 1 heterocycles. The monoisotopic (exact) mass is 410 g/mol. The fourth-order valence-corrected chi connectivity index (χ4v) is 6.16. The number of hydrogen-bond donors (Lipinski definition) is 1. The molecule has 1 N–H and O–H groups in total. The second kappa shape index (κ2) is 8.13. The van der Waals surface area contributed by atoms with Crippen LogP contribution in [0.4, 0.5) is 0 Å². The fourth-order valence-electron chi connectivity index (χ4n) is 5.40. The molecule has 5 nitrogen and oxygen atoms in total. The molecule has 3 aliphatic carbocycles. The highest BCUT2D eigenvalue weighted by Crippen LogP contribution is 2.49. The lowest BCUT2D eigenvalue weighted by Gasteiger charge is -2.28. The zero-order valence-electron chi connectivity index (χ0n) is 17.1. The summed E-state index contributed by atoms with van der Waals surface area (Å²) in [5.41, 5.74) is 1.24. The summed E-state index contributed by atoms with van der Waals surface area (Å²) < 4.78 is 2.21. The van der Waals surface area contributed by atoms with Crippen molar-refractivity contribution in [3.8, 4) is 0 Å². The lowest BCUT2D eigenvalue weighted by Crippen LogP contribution is -2.40. The summed E-state index contributed by atoms with van der Waals surface area (Å²) in [7, 11) is 0. The van der Waals surface area contributed by atoms with Gasteiger partial charge in [-0.3, -0.25) is 4.79 Å². The Morgan fingerprint density at radius 1 is 1.17 bits per heavy atom. The van der Waals surface area contributed by atoms with Crippen LogP contribution in [0, 0.1) is 17.8 Å². The summed E-state index contributed by atoms with van der Waals surface area (Å²) in [4.78, 5) is 12.6. The van der Waals surface area contributed by atoms with Crippen LogP contribution in [-0.2, 0) is 11.3 Å². The van der Waals surface area contributed by atoms with Crippen molar-refractivity contribution in [1.29, 1.82) is 0 Å². The molecule has 3 aliphatic rings. The van der Waals surface area contributed by atoms with Crippen LogP contribution in [-0.4, -0.2) is 32.5 Å². The van der Waals surface area contributed by atoms with E-state index >= 15 is 0 Å². The van der Waals surface area contributed by atoms with Crippen molar-refractivity contribution >= 4 is 17.7 Å². The quantitative estimate of drug-likeness (QED) is 0.662. The van der Waals surface area contributed by atoms with E-state index in [1.807, 2.05) is 6.07 Å². The molecule has 1 amide bonds. The second-order valence-electron chi connectivity index (χ2n) is 9.17. The van der Waals surface area contributed by atoms with Crippen LogP contribution in [0.1, 0.15) is 62.8 Å². The van der Waals surface area contributed by atoms with Crippen molar-refractivity contribution in [3.63, 3.8) is 0 Å². The highest BCUT2D eigenvalue weighted by Gasteiger charge is 2.42. The second-order valence-corrected chi connectivity index (χ2v) is 10.1. The molecule has 6 heteroatoms. The van der Waals surface area contributed by atoms with Gasteiger partial charge in [0.2, 0.25) is 5.91 Å². The van der Waals surface area contributed by atoms with Crippen molar-refractivity contribution in [3.05, 3.63) is 41.7 Å². The van der Waals surface area contributed by atoms with Crippen LogP contribution in [0.25, 0.3) is 0 Å². The normalized spacial score (nSPS) is 26.6. The van der Waals surface area contributed by atoms with E-state index < -0.39 is 0 Å². The number of aromatic nitrogens is 3. The minimum Gasteiger partial charge on any atom is -0.353 e. The SMILES string of the molecule is CC(NC(=O)CSc1nnc(C2CC2)n1Cc1ccccc1)C1CC2CCC1C2. The number of fused-ring (bicyclic) bond motifs is 2. The van der Waals surface area contributed by atoms with Gasteiger partial charge in [-0.15, -0.1) is 10.2 Å². The predicted molar refractivity (Wildman–Crippen MR) is 115 cm³/mol. The molecular formula is C23H30N4OS. The number of rotatable bonds is 8. The fraction of sp³-hybridized carbons (Fsp3) is 0.609. The van der Waals surface area contributed by atoms with Crippen LogP contribution in [0.3, 0.4) is 0 Å². The smallest absolute Gasteiger partial charge is 0.230 e. The molecule has 154 valence electrons. The molecule has 0 saturated heterocycles. The van der Waals surface area contributed by atoms with Crippen LogP contribution < -0.4 is 5.32 Å². The molecule has 3 saturated carbocycles. The molecule has 3 fully saturated rings. The average Bonchev–Trinajstić information content (AvgIpc) is 3.16. The summed E-state index contributed by atoms with van der Waals surface area (Å²) in [6.07, 6.45) is 7.83. The van der Waals surface area contributed by atoms with Gasteiger partial charge < -0.3 is 9.88 Å². The van der Waals surface area contributed by atoms with E-state index in [2.05, 4.69) is 51.3 Å². The molecule has 0 spiro atoms. The summed E-state index contributed by atoms with van der Waals surface area (Å²) in [5, 5.41) is 13.0. The Balaban J connectivity index is 1.20. The Labute approximate surface area is 177 Å². The van der Waals surface area contributed by atoms with Crippen LogP contribution in [0.15, 0.2) is 35.5 Å². The first kappa shape index (κ1) is 19.2. The number of nitrogens with zero attached hydrogens (tertiary/aromatic N) is 3. The van der Waals surface area contributed by atoms with Crippen LogP contribution in [0.5, 0.6) is 0 Å². The minimum absolute atomic E-state index is 0.118. The van der Waals surface area contributed by atoms with Crippen molar-refractivity contribution < 1.29 is 4.79 Å². The van der Waals surface area contributed by atoms with Gasteiger partial charge in [0.1, 0.15) is 5.82 Å². The minimum atomic E-state index is 0.118. The largest absolute Gasteiger partial charge is 0.353 e. The van der Waals surface area contributed by atoms with E-state index in [0.717, 1.165) is 29.4 Å². The van der Waals surface area contributed by atoms with E-state index in [9.17, 15) is 4.79 Å². The number of carbonyl (C=O) groups is 1. The van der Waals surface area contributed by atoms with Crippen molar-refractivity contribution in [2.45, 2.75) is 69.1 Å². The third-order valence-corrected chi connectivity index (χ3v) is 7.99. The first-order valence-corrected chi connectivity index (χ1v) is 12.0. The number of benzene rings is 1. The highest BCUT2D eigenvalue weighted by atomic mass is 32.2. The number of nitrogens with one attached hydrogen (secondary N) is 1. The molecule has 5 rings (SSSR count). The van der Waals surface area contributed by atoms with Gasteiger partial charge in [-0.2, -0.15) is 0 Å².